The van der Waals surface area contributed by atoms with Gasteiger partial charge in [-0.1, -0.05) is 12.5 Å². The van der Waals surface area contributed by atoms with Crippen LogP contribution < -0.4 is 5.73 Å². The third-order valence-corrected chi connectivity index (χ3v) is 3.23. The molecule has 0 spiro atoms. The number of aromatic hydroxyl groups is 1. The van der Waals surface area contributed by atoms with Gasteiger partial charge in [-0.05, 0) is 49.8 Å². The van der Waals surface area contributed by atoms with Crippen LogP contribution in [0.25, 0.3) is 0 Å². The highest BCUT2D eigenvalue weighted by molar-refractivity contribution is 5.43. The number of nitrogens with two attached hydrogens (primary N) is 1. The Morgan fingerprint density at radius 2 is 1.73 bits per heavy atom. The molecular weight excluding hydrogens is 186 g/mol. The monoisotopic (exact) mass is 205 g/mol. The molecule has 2 heteroatoms. The molecular formula is C13H19NO. The van der Waals surface area contributed by atoms with Crippen LogP contribution >= 0.6 is 0 Å². The van der Waals surface area contributed by atoms with Gasteiger partial charge < -0.3 is 10.8 Å². The molecule has 0 aliphatic heterocycles. The summed E-state index contributed by atoms with van der Waals surface area (Å²) in [6, 6.07) is 3.93. The van der Waals surface area contributed by atoms with Gasteiger partial charge in [-0.25, -0.2) is 0 Å². The minimum Gasteiger partial charge on any atom is -0.508 e. The first-order chi connectivity index (χ1) is 7.18. The van der Waals surface area contributed by atoms with Gasteiger partial charge in [-0.15, -0.1) is 0 Å². The Morgan fingerprint density at radius 1 is 1.13 bits per heavy atom. The fourth-order valence-corrected chi connectivity index (χ4v) is 2.33. The van der Waals surface area contributed by atoms with E-state index in [1.807, 2.05) is 13.0 Å². The van der Waals surface area contributed by atoms with Crippen molar-refractivity contribution in [2.24, 2.45) is 5.73 Å². The highest BCUT2D eigenvalue weighted by Gasteiger charge is 2.13. The van der Waals surface area contributed by atoms with Gasteiger partial charge in [0.15, 0.2) is 0 Å². The molecule has 1 unspecified atom stereocenters. The molecule has 1 aromatic rings. The van der Waals surface area contributed by atoms with Crippen LogP contribution in [0.2, 0.25) is 0 Å². The van der Waals surface area contributed by atoms with Crippen LogP contribution in [0, 0.1) is 0 Å². The molecule has 3 N–H and O–H groups in total. The number of hydrogen-bond donors (Lipinski definition) is 2. The zero-order valence-electron chi connectivity index (χ0n) is 9.29. The van der Waals surface area contributed by atoms with Crippen LogP contribution in [0.1, 0.15) is 48.9 Å². The topological polar surface area (TPSA) is 46.2 Å². The van der Waals surface area contributed by atoms with Crippen LogP contribution in [0.15, 0.2) is 12.1 Å². The molecule has 0 saturated heterocycles. The van der Waals surface area contributed by atoms with Gasteiger partial charge in [-0.3, -0.25) is 0 Å². The summed E-state index contributed by atoms with van der Waals surface area (Å²) in [5.74, 6) is 0.366. The van der Waals surface area contributed by atoms with Crippen molar-refractivity contribution in [3.63, 3.8) is 0 Å². The summed E-state index contributed by atoms with van der Waals surface area (Å²) in [6.45, 7) is 1.91. The molecule has 0 radical (unpaired) electrons. The van der Waals surface area contributed by atoms with Crippen molar-refractivity contribution in [2.75, 3.05) is 0 Å². The molecule has 0 saturated carbocycles. The lowest BCUT2D eigenvalue weighted by Gasteiger charge is -2.13. The zero-order chi connectivity index (χ0) is 10.8. The Morgan fingerprint density at radius 3 is 2.33 bits per heavy atom. The van der Waals surface area contributed by atoms with Gasteiger partial charge in [-0.2, -0.15) is 0 Å². The molecule has 1 aliphatic rings. The summed E-state index contributed by atoms with van der Waals surface area (Å²) >= 11 is 0. The summed E-state index contributed by atoms with van der Waals surface area (Å²) in [6.07, 6.45) is 6.03. The molecule has 0 amide bonds. The number of phenols is 1. The first kappa shape index (κ1) is 10.5. The summed E-state index contributed by atoms with van der Waals surface area (Å²) in [5, 5.41) is 9.85. The van der Waals surface area contributed by atoms with E-state index in [1.165, 1.54) is 30.4 Å². The first-order valence-corrected chi connectivity index (χ1v) is 5.78. The molecule has 1 atom stereocenters. The van der Waals surface area contributed by atoms with Crippen molar-refractivity contribution in [3.05, 3.63) is 28.8 Å². The van der Waals surface area contributed by atoms with E-state index in [4.69, 9.17) is 5.73 Å². The lowest BCUT2D eigenvalue weighted by molar-refractivity contribution is 0.462. The fraction of sp³-hybridized carbons (Fsp3) is 0.538. The fourth-order valence-electron chi connectivity index (χ4n) is 2.33. The standard InChI is InChI=1S/C13H19NO/c1-9(14)12-7-10-5-3-2-4-6-11(10)8-13(12)15/h7-9,15H,2-6,14H2,1H3. The number of hydrogen-bond acceptors (Lipinski definition) is 2. The van der Waals surface area contributed by atoms with Crippen LogP contribution in [0.5, 0.6) is 5.75 Å². The molecule has 0 heterocycles. The van der Waals surface area contributed by atoms with Gasteiger partial charge in [0.2, 0.25) is 0 Å². The lowest BCUT2D eigenvalue weighted by Crippen LogP contribution is -2.06. The maximum atomic E-state index is 9.85. The van der Waals surface area contributed by atoms with Crippen LogP contribution in [0.3, 0.4) is 0 Å². The van der Waals surface area contributed by atoms with E-state index in [0.29, 0.717) is 5.75 Å². The van der Waals surface area contributed by atoms with Gasteiger partial charge in [0.25, 0.3) is 0 Å². The van der Waals surface area contributed by atoms with Gasteiger partial charge in [0.05, 0.1) is 0 Å². The van der Waals surface area contributed by atoms with Crippen molar-refractivity contribution >= 4 is 0 Å². The molecule has 2 rings (SSSR count). The summed E-state index contributed by atoms with van der Waals surface area (Å²) < 4.78 is 0. The molecule has 1 aliphatic carbocycles. The van der Waals surface area contributed by atoms with Crippen LogP contribution in [-0.4, -0.2) is 5.11 Å². The van der Waals surface area contributed by atoms with E-state index in [2.05, 4.69) is 6.07 Å². The second-order valence-corrected chi connectivity index (χ2v) is 4.53. The summed E-state index contributed by atoms with van der Waals surface area (Å²) in [7, 11) is 0. The van der Waals surface area contributed by atoms with E-state index in [1.54, 1.807) is 0 Å². The molecule has 0 fully saturated rings. The Kier molecular flexibility index (Phi) is 2.96. The zero-order valence-corrected chi connectivity index (χ0v) is 9.29. The first-order valence-electron chi connectivity index (χ1n) is 5.78. The number of benzene rings is 1. The van der Waals surface area contributed by atoms with E-state index < -0.39 is 0 Å². The molecule has 0 bridgehead atoms. The maximum absolute atomic E-state index is 9.85. The molecule has 0 aromatic heterocycles. The minimum absolute atomic E-state index is 0.0847. The van der Waals surface area contributed by atoms with Crippen molar-refractivity contribution in [1.82, 2.24) is 0 Å². The predicted molar refractivity (Wildman–Crippen MR) is 62.0 cm³/mol. The molecule has 1 aromatic carbocycles. The quantitative estimate of drug-likeness (QED) is 0.692. The van der Waals surface area contributed by atoms with E-state index in [-0.39, 0.29) is 6.04 Å². The van der Waals surface area contributed by atoms with Crippen molar-refractivity contribution in [3.8, 4) is 5.75 Å². The number of rotatable bonds is 1. The van der Waals surface area contributed by atoms with Gasteiger partial charge >= 0.3 is 0 Å². The third-order valence-electron chi connectivity index (χ3n) is 3.23. The predicted octanol–water partition coefficient (Wildman–Crippen LogP) is 2.68. The Hall–Kier alpha value is -1.02. The summed E-state index contributed by atoms with van der Waals surface area (Å²) in [5.41, 5.74) is 9.41. The second kappa shape index (κ2) is 4.23. The highest BCUT2D eigenvalue weighted by Crippen LogP contribution is 2.30. The van der Waals surface area contributed by atoms with Crippen LogP contribution in [-0.2, 0) is 12.8 Å². The summed E-state index contributed by atoms with van der Waals surface area (Å²) in [4.78, 5) is 0. The van der Waals surface area contributed by atoms with Crippen molar-refractivity contribution in [2.45, 2.75) is 45.1 Å². The van der Waals surface area contributed by atoms with E-state index >= 15 is 0 Å². The largest absolute Gasteiger partial charge is 0.508 e. The Labute approximate surface area is 91.1 Å². The normalized spacial score (nSPS) is 18.0. The van der Waals surface area contributed by atoms with Crippen LogP contribution in [0.4, 0.5) is 0 Å². The minimum atomic E-state index is -0.0847. The lowest BCUT2D eigenvalue weighted by atomic mass is 9.96. The molecule has 82 valence electrons. The molecule has 2 nitrogen and oxygen atoms in total. The van der Waals surface area contributed by atoms with Crippen molar-refractivity contribution in [1.29, 1.82) is 0 Å². The Bertz CT molecular complexity index is 358. The van der Waals surface area contributed by atoms with Gasteiger partial charge in [0, 0.05) is 11.6 Å². The average molecular weight is 205 g/mol. The van der Waals surface area contributed by atoms with E-state index in [0.717, 1.165) is 18.4 Å². The maximum Gasteiger partial charge on any atom is 0.120 e. The Balaban J connectivity index is 2.42. The van der Waals surface area contributed by atoms with Gasteiger partial charge in [0.1, 0.15) is 5.75 Å². The average Bonchev–Trinajstić information content (AvgIpc) is 2.40. The van der Waals surface area contributed by atoms with Crippen molar-refractivity contribution < 1.29 is 5.11 Å². The smallest absolute Gasteiger partial charge is 0.120 e. The number of phenolic OH excluding ortho intramolecular Hbond substituents is 1. The SMILES string of the molecule is CC(N)c1cc2c(cc1O)CCCCC2. The third kappa shape index (κ3) is 2.15. The second-order valence-electron chi connectivity index (χ2n) is 4.53. The number of fused-ring (bicyclic) bond motifs is 1. The van der Waals surface area contributed by atoms with E-state index in [9.17, 15) is 5.11 Å². The number of aryl methyl sites for hydroxylation is 2. The highest BCUT2D eigenvalue weighted by atomic mass is 16.3. The molecule has 15 heavy (non-hydrogen) atoms.